The van der Waals surface area contributed by atoms with Gasteiger partial charge < -0.3 is 16.0 Å². The van der Waals surface area contributed by atoms with E-state index < -0.39 is 0 Å². The summed E-state index contributed by atoms with van der Waals surface area (Å²) in [5.74, 6) is 0. The maximum absolute atomic E-state index is 5.67. The molecule has 0 atom stereocenters. The second-order valence-corrected chi connectivity index (χ2v) is 4.59. The van der Waals surface area contributed by atoms with Crippen LogP contribution in [-0.4, -0.2) is 41.1 Å². The molecule has 1 aromatic rings. The van der Waals surface area contributed by atoms with Gasteiger partial charge in [0.05, 0.1) is 11.9 Å². The van der Waals surface area contributed by atoms with Gasteiger partial charge in [-0.25, -0.2) is 0 Å². The summed E-state index contributed by atoms with van der Waals surface area (Å²) in [5, 5.41) is 3.35. The molecule has 0 aliphatic heterocycles. The third kappa shape index (κ3) is 4.58. The number of rotatable bonds is 8. The van der Waals surface area contributed by atoms with Gasteiger partial charge in [-0.1, -0.05) is 26.1 Å². The lowest BCUT2D eigenvalue weighted by atomic mass is 10.2. The predicted octanol–water partition coefficient (Wildman–Crippen LogP) is 1.86. The molecule has 0 aromatic carbocycles. The van der Waals surface area contributed by atoms with Crippen LogP contribution in [0.5, 0.6) is 0 Å². The van der Waals surface area contributed by atoms with Crippen molar-refractivity contribution in [3.63, 3.8) is 0 Å². The topological polar surface area (TPSA) is 54.2 Å². The first-order valence-corrected chi connectivity index (χ1v) is 6.79. The SMILES string of the molecule is CCCN(CC)CCNc1cnccc1C(N)=S. The van der Waals surface area contributed by atoms with E-state index in [2.05, 4.69) is 29.0 Å². The average Bonchev–Trinajstić information content (AvgIpc) is 2.38. The van der Waals surface area contributed by atoms with Crippen LogP contribution in [0.1, 0.15) is 25.8 Å². The lowest BCUT2D eigenvalue weighted by Gasteiger charge is -2.20. The van der Waals surface area contributed by atoms with Crippen LogP contribution in [-0.2, 0) is 0 Å². The molecule has 0 aliphatic carbocycles. The molecule has 0 bridgehead atoms. The largest absolute Gasteiger partial charge is 0.389 e. The van der Waals surface area contributed by atoms with E-state index >= 15 is 0 Å². The summed E-state index contributed by atoms with van der Waals surface area (Å²) in [6.07, 6.45) is 4.65. The van der Waals surface area contributed by atoms with Crippen LogP contribution in [0.15, 0.2) is 18.5 Å². The van der Waals surface area contributed by atoms with E-state index in [0.29, 0.717) is 4.99 Å². The highest BCUT2D eigenvalue weighted by atomic mass is 32.1. The van der Waals surface area contributed by atoms with Gasteiger partial charge in [0, 0.05) is 24.8 Å². The Bertz CT molecular complexity index is 381. The molecule has 0 aliphatic rings. The van der Waals surface area contributed by atoms with E-state index in [1.54, 1.807) is 12.4 Å². The summed E-state index contributed by atoms with van der Waals surface area (Å²) in [6, 6.07) is 1.84. The monoisotopic (exact) mass is 266 g/mol. The van der Waals surface area contributed by atoms with Gasteiger partial charge in [0.15, 0.2) is 0 Å². The minimum absolute atomic E-state index is 0.404. The van der Waals surface area contributed by atoms with Crippen LogP contribution in [0.2, 0.25) is 0 Å². The number of nitrogens with zero attached hydrogens (tertiary/aromatic N) is 2. The zero-order valence-corrected chi connectivity index (χ0v) is 12.0. The maximum Gasteiger partial charge on any atom is 0.106 e. The maximum atomic E-state index is 5.67. The Balaban J connectivity index is 2.50. The van der Waals surface area contributed by atoms with Crippen molar-refractivity contribution in [1.29, 1.82) is 0 Å². The fourth-order valence-corrected chi connectivity index (χ4v) is 2.02. The number of anilines is 1. The van der Waals surface area contributed by atoms with Crippen molar-refractivity contribution in [1.82, 2.24) is 9.88 Å². The summed E-state index contributed by atoms with van der Waals surface area (Å²) in [5.41, 5.74) is 7.45. The normalized spacial score (nSPS) is 10.6. The highest BCUT2D eigenvalue weighted by Gasteiger charge is 2.05. The Hall–Kier alpha value is -1.20. The van der Waals surface area contributed by atoms with Gasteiger partial charge in [0.2, 0.25) is 0 Å². The number of aromatic nitrogens is 1. The van der Waals surface area contributed by atoms with Crippen LogP contribution in [0, 0.1) is 0 Å². The minimum atomic E-state index is 0.404. The molecule has 0 saturated heterocycles. The second-order valence-electron chi connectivity index (χ2n) is 4.15. The van der Waals surface area contributed by atoms with Gasteiger partial charge in [0.1, 0.15) is 4.99 Å². The molecule has 1 rings (SSSR count). The molecule has 0 unspecified atom stereocenters. The number of thiocarbonyl (C=S) groups is 1. The van der Waals surface area contributed by atoms with E-state index in [1.165, 1.54) is 6.42 Å². The van der Waals surface area contributed by atoms with Crippen molar-refractivity contribution in [3.05, 3.63) is 24.0 Å². The Morgan fingerprint density at radius 2 is 2.22 bits per heavy atom. The van der Waals surface area contributed by atoms with Crippen LogP contribution in [0.25, 0.3) is 0 Å². The summed E-state index contributed by atoms with van der Waals surface area (Å²) >= 11 is 5.02. The molecule has 1 aromatic heterocycles. The van der Waals surface area contributed by atoms with Gasteiger partial charge >= 0.3 is 0 Å². The third-order valence-electron chi connectivity index (χ3n) is 2.82. The first-order valence-electron chi connectivity index (χ1n) is 6.39. The molecule has 0 radical (unpaired) electrons. The zero-order chi connectivity index (χ0) is 13.4. The van der Waals surface area contributed by atoms with Crippen LogP contribution >= 0.6 is 12.2 Å². The molecule has 0 fully saturated rings. The smallest absolute Gasteiger partial charge is 0.106 e. The van der Waals surface area contributed by atoms with E-state index in [9.17, 15) is 0 Å². The summed E-state index contributed by atoms with van der Waals surface area (Å²) in [4.78, 5) is 6.90. The van der Waals surface area contributed by atoms with E-state index in [1.807, 2.05) is 6.07 Å². The number of nitrogens with one attached hydrogen (secondary N) is 1. The number of hydrogen-bond acceptors (Lipinski definition) is 4. The molecule has 4 nitrogen and oxygen atoms in total. The molecular formula is C13H22N4S. The van der Waals surface area contributed by atoms with Crippen LogP contribution < -0.4 is 11.1 Å². The van der Waals surface area contributed by atoms with Gasteiger partial charge in [0.25, 0.3) is 0 Å². The summed E-state index contributed by atoms with van der Waals surface area (Å²) in [7, 11) is 0. The Kier molecular flexibility index (Phi) is 6.60. The molecule has 5 heteroatoms. The van der Waals surface area contributed by atoms with Crippen molar-refractivity contribution < 1.29 is 0 Å². The predicted molar refractivity (Wildman–Crippen MR) is 81.0 cm³/mol. The summed E-state index contributed by atoms with van der Waals surface area (Å²) in [6.45, 7) is 8.46. The highest BCUT2D eigenvalue weighted by Crippen LogP contribution is 2.12. The van der Waals surface area contributed by atoms with Crippen molar-refractivity contribution in [2.45, 2.75) is 20.3 Å². The quantitative estimate of drug-likeness (QED) is 0.703. The zero-order valence-electron chi connectivity index (χ0n) is 11.1. The van der Waals surface area contributed by atoms with Crippen molar-refractivity contribution in [3.8, 4) is 0 Å². The molecule has 0 saturated carbocycles. The van der Waals surface area contributed by atoms with E-state index in [4.69, 9.17) is 18.0 Å². The molecule has 18 heavy (non-hydrogen) atoms. The van der Waals surface area contributed by atoms with Gasteiger partial charge in [-0.2, -0.15) is 0 Å². The van der Waals surface area contributed by atoms with Crippen LogP contribution in [0.4, 0.5) is 5.69 Å². The molecule has 3 N–H and O–H groups in total. The van der Waals surface area contributed by atoms with Gasteiger partial charge in [-0.05, 0) is 25.6 Å². The fraction of sp³-hybridized carbons (Fsp3) is 0.538. The van der Waals surface area contributed by atoms with Crippen molar-refractivity contribution in [2.75, 3.05) is 31.5 Å². The second kappa shape index (κ2) is 8.00. The summed E-state index contributed by atoms with van der Waals surface area (Å²) < 4.78 is 0. The standard InChI is InChI=1S/C13H22N4S/c1-3-8-17(4-2)9-7-16-12-10-15-6-5-11(12)13(14)18/h5-6,10,16H,3-4,7-9H2,1-2H3,(H2,14,18). The Morgan fingerprint density at radius 3 is 2.83 bits per heavy atom. The molecular weight excluding hydrogens is 244 g/mol. The van der Waals surface area contributed by atoms with E-state index in [0.717, 1.165) is 37.4 Å². The van der Waals surface area contributed by atoms with Gasteiger partial charge in [-0.15, -0.1) is 0 Å². The molecule has 0 spiro atoms. The molecule has 100 valence electrons. The first kappa shape index (κ1) is 14.9. The molecule has 0 amide bonds. The third-order valence-corrected chi connectivity index (χ3v) is 3.04. The van der Waals surface area contributed by atoms with Crippen molar-refractivity contribution in [2.24, 2.45) is 5.73 Å². The first-order chi connectivity index (χ1) is 8.69. The highest BCUT2D eigenvalue weighted by molar-refractivity contribution is 7.80. The van der Waals surface area contributed by atoms with Gasteiger partial charge in [-0.3, -0.25) is 4.98 Å². The number of pyridine rings is 1. The Morgan fingerprint density at radius 1 is 1.44 bits per heavy atom. The lowest BCUT2D eigenvalue weighted by Crippen LogP contribution is -2.30. The molecule has 1 heterocycles. The van der Waals surface area contributed by atoms with Crippen molar-refractivity contribution >= 4 is 22.9 Å². The number of likely N-dealkylation sites (N-methyl/N-ethyl adjacent to an activating group) is 1. The lowest BCUT2D eigenvalue weighted by molar-refractivity contribution is 0.300. The average molecular weight is 266 g/mol. The number of hydrogen-bond donors (Lipinski definition) is 2. The fourth-order valence-electron chi connectivity index (χ4n) is 1.84. The Labute approximate surface area is 115 Å². The number of nitrogens with two attached hydrogens (primary N) is 1. The van der Waals surface area contributed by atoms with Crippen LogP contribution in [0.3, 0.4) is 0 Å². The van der Waals surface area contributed by atoms with E-state index in [-0.39, 0.29) is 0 Å². The minimum Gasteiger partial charge on any atom is -0.389 e.